The highest BCUT2D eigenvalue weighted by Crippen LogP contribution is 2.49. The lowest BCUT2D eigenvalue weighted by molar-refractivity contribution is -0.143. The second-order valence-electron chi connectivity index (χ2n) is 10.6. The number of benzene rings is 1. The van der Waals surface area contributed by atoms with Crippen LogP contribution in [0.4, 0.5) is 13.2 Å². The van der Waals surface area contributed by atoms with Gasteiger partial charge in [-0.3, -0.25) is 14.4 Å². The van der Waals surface area contributed by atoms with Crippen LogP contribution in [0.25, 0.3) is 0 Å². The molecule has 1 aromatic heterocycles. The number of alkyl halides is 3. The van der Waals surface area contributed by atoms with Gasteiger partial charge in [-0.1, -0.05) is 19.1 Å². The molecule has 5 rings (SSSR count). The molecular formula is C26H32F3N3O3. The molecule has 9 heteroatoms. The van der Waals surface area contributed by atoms with Crippen LogP contribution in [0.5, 0.6) is 5.75 Å². The lowest BCUT2D eigenvalue weighted by Crippen LogP contribution is -2.49. The number of aromatic nitrogens is 2. The van der Waals surface area contributed by atoms with Crippen LogP contribution in [0.1, 0.15) is 67.3 Å². The van der Waals surface area contributed by atoms with Crippen LogP contribution in [0.2, 0.25) is 0 Å². The van der Waals surface area contributed by atoms with Gasteiger partial charge in [0, 0.05) is 38.4 Å². The number of rotatable bonds is 6. The van der Waals surface area contributed by atoms with E-state index < -0.39 is 23.8 Å². The zero-order valence-electron chi connectivity index (χ0n) is 20.1. The summed E-state index contributed by atoms with van der Waals surface area (Å²) in [6.07, 6.45) is 2.38. The van der Waals surface area contributed by atoms with Crippen LogP contribution in [0.3, 0.4) is 0 Å². The number of piperidine rings is 1. The molecule has 0 amide bonds. The maximum atomic E-state index is 13.3. The van der Waals surface area contributed by atoms with Gasteiger partial charge in [-0.25, -0.2) is 0 Å². The molecule has 1 saturated carbocycles. The fraction of sp³-hybridized carbons (Fsp3) is 0.615. The Labute approximate surface area is 203 Å². The lowest BCUT2D eigenvalue weighted by atomic mass is 9.80. The molecule has 2 aromatic rings. The first-order valence-corrected chi connectivity index (χ1v) is 12.4. The SMILES string of the molecule is CC(C(=O)O)C(c1ccc2c(c1)OC1(CC2)CCN(Cc2cn(C)nc2C(F)(F)F)CC1)C1CC1. The number of hydrogen-bond donors (Lipinski definition) is 1. The molecule has 2 unspecified atom stereocenters. The summed E-state index contributed by atoms with van der Waals surface area (Å²) in [6.45, 7) is 3.31. The number of carboxylic acids is 1. The maximum Gasteiger partial charge on any atom is 0.435 e. The van der Waals surface area contributed by atoms with Gasteiger partial charge < -0.3 is 9.84 Å². The molecule has 1 aliphatic carbocycles. The average Bonchev–Trinajstić information content (AvgIpc) is 3.55. The third kappa shape index (κ3) is 4.92. The summed E-state index contributed by atoms with van der Waals surface area (Å²) in [5, 5.41) is 13.2. The van der Waals surface area contributed by atoms with Crippen LogP contribution in [-0.2, 0) is 31.0 Å². The molecule has 3 aliphatic rings. The molecule has 2 fully saturated rings. The van der Waals surface area contributed by atoms with Crippen molar-refractivity contribution in [1.29, 1.82) is 0 Å². The first-order valence-electron chi connectivity index (χ1n) is 12.4. The molecular weight excluding hydrogens is 459 g/mol. The van der Waals surface area contributed by atoms with Gasteiger partial charge >= 0.3 is 12.1 Å². The molecule has 1 N–H and O–H groups in total. The first-order chi connectivity index (χ1) is 16.5. The summed E-state index contributed by atoms with van der Waals surface area (Å²) >= 11 is 0. The second-order valence-corrected chi connectivity index (χ2v) is 10.6. The van der Waals surface area contributed by atoms with Crippen LogP contribution in [0.15, 0.2) is 24.4 Å². The number of aliphatic carboxylic acids is 1. The van der Waals surface area contributed by atoms with Gasteiger partial charge in [0.2, 0.25) is 0 Å². The van der Waals surface area contributed by atoms with Crippen molar-refractivity contribution in [3.8, 4) is 5.75 Å². The average molecular weight is 492 g/mol. The Morgan fingerprint density at radius 3 is 2.60 bits per heavy atom. The summed E-state index contributed by atoms with van der Waals surface area (Å²) in [6, 6.07) is 6.20. The molecule has 0 bridgehead atoms. The smallest absolute Gasteiger partial charge is 0.435 e. The second kappa shape index (κ2) is 8.84. The van der Waals surface area contributed by atoms with Crippen molar-refractivity contribution in [2.75, 3.05) is 13.1 Å². The monoisotopic (exact) mass is 491 g/mol. The van der Waals surface area contributed by atoms with E-state index >= 15 is 0 Å². The molecule has 6 nitrogen and oxygen atoms in total. The van der Waals surface area contributed by atoms with Gasteiger partial charge in [-0.15, -0.1) is 0 Å². The van der Waals surface area contributed by atoms with Crippen LogP contribution in [-0.4, -0.2) is 44.4 Å². The Balaban J connectivity index is 1.28. The Morgan fingerprint density at radius 2 is 1.97 bits per heavy atom. The fourth-order valence-electron chi connectivity index (χ4n) is 5.91. The largest absolute Gasteiger partial charge is 0.487 e. The lowest BCUT2D eigenvalue weighted by Gasteiger charge is -2.45. The van der Waals surface area contributed by atoms with E-state index in [0.29, 0.717) is 19.0 Å². The van der Waals surface area contributed by atoms with Crippen molar-refractivity contribution in [1.82, 2.24) is 14.7 Å². The minimum Gasteiger partial charge on any atom is -0.487 e. The molecule has 1 saturated heterocycles. The number of carbonyl (C=O) groups is 1. The normalized spacial score (nSPS) is 21.9. The van der Waals surface area contributed by atoms with Crippen molar-refractivity contribution in [2.45, 2.75) is 69.7 Å². The summed E-state index contributed by atoms with van der Waals surface area (Å²) in [5.74, 6) is 0.0246. The standard InChI is InChI=1S/C26H32F3N3O3/c1-16(24(33)34)22(18-4-5-18)19-6-3-17-7-8-25(35-21(17)13-19)9-11-32(12-10-25)15-20-14-31(2)30-23(20)26(27,28)29/h3,6,13-14,16,18,22H,4-5,7-12,15H2,1-2H3,(H,33,34). The van der Waals surface area contributed by atoms with E-state index in [9.17, 15) is 23.1 Å². The van der Waals surface area contributed by atoms with E-state index in [0.717, 1.165) is 55.4 Å². The highest BCUT2D eigenvalue weighted by Gasteiger charge is 2.43. The Hall–Kier alpha value is -2.55. The van der Waals surface area contributed by atoms with Crippen molar-refractivity contribution in [2.24, 2.45) is 18.9 Å². The first kappa shape index (κ1) is 24.2. The van der Waals surface area contributed by atoms with Crippen LogP contribution >= 0.6 is 0 Å². The number of nitrogens with zero attached hydrogens (tertiary/aromatic N) is 3. The number of halogens is 3. The summed E-state index contributed by atoms with van der Waals surface area (Å²) in [5.41, 5.74) is 1.25. The quantitative estimate of drug-likeness (QED) is 0.615. The van der Waals surface area contributed by atoms with Gasteiger partial charge in [-0.05, 0) is 67.6 Å². The fourth-order valence-corrected chi connectivity index (χ4v) is 5.91. The molecule has 190 valence electrons. The molecule has 35 heavy (non-hydrogen) atoms. The zero-order valence-corrected chi connectivity index (χ0v) is 20.1. The molecule has 3 heterocycles. The van der Waals surface area contributed by atoms with Crippen molar-refractivity contribution in [3.05, 3.63) is 46.8 Å². The highest BCUT2D eigenvalue weighted by atomic mass is 19.4. The third-order valence-electron chi connectivity index (χ3n) is 8.04. The number of aryl methyl sites for hydroxylation is 2. The highest BCUT2D eigenvalue weighted by molar-refractivity contribution is 5.71. The van der Waals surface area contributed by atoms with E-state index in [1.54, 1.807) is 6.92 Å². The van der Waals surface area contributed by atoms with Gasteiger partial charge in [0.1, 0.15) is 11.4 Å². The summed E-state index contributed by atoms with van der Waals surface area (Å²) < 4.78 is 47.8. The Bertz CT molecular complexity index is 1100. The number of carboxylic acid groups (broad SMARTS) is 1. The van der Waals surface area contributed by atoms with E-state index in [2.05, 4.69) is 23.3 Å². The Kier molecular flexibility index (Phi) is 6.10. The van der Waals surface area contributed by atoms with Gasteiger partial charge in [0.15, 0.2) is 5.69 Å². The topological polar surface area (TPSA) is 67.6 Å². The minimum atomic E-state index is -4.46. The predicted octanol–water partition coefficient (Wildman–Crippen LogP) is 5.01. The van der Waals surface area contributed by atoms with Gasteiger partial charge in [-0.2, -0.15) is 18.3 Å². The molecule has 1 spiro atoms. The van der Waals surface area contributed by atoms with E-state index in [1.807, 2.05) is 4.90 Å². The number of ether oxygens (including phenoxy) is 1. The minimum absolute atomic E-state index is 0.0107. The van der Waals surface area contributed by atoms with E-state index in [4.69, 9.17) is 4.74 Å². The van der Waals surface area contributed by atoms with E-state index in [-0.39, 0.29) is 23.6 Å². The maximum absolute atomic E-state index is 13.3. The predicted molar refractivity (Wildman–Crippen MR) is 123 cm³/mol. The van der Waals surface area contributed by atoms with Crippen molar-refractivity contribution < 1.29 is 27.8 Å². The van der Waals surface area contributed by atoms with Crippen molar-refractivity contribution in [3.63, 3.8) is 0 Å². The molecule has 2 aliphatic heterocycles. The molecule has 2 atom stereocenters. The Morgan fingerprint density at radius 1 is 1.26 bits per heavy atom. The van der Waals surface area contributed by atoms with Crippen LogP contribution < -0.4 is 4.74 Å². The third-order valence-corrected chi connectivity index (χ3v) is 8.04. The molecule has 0 radical (unpaired) electrons. The number of fused-ring (bicyclic) bond motifs is 1. The van der Waals surface area contributed by atoms with Crippen LogP contribution in [0, 0.1) is 11.8 Å². The zero-order chi connectivity index (χ0) is 25.0. The van der Waals surface area contributed by atoms with Gasteiger partial charge in [0.05, 0.1) is 5.92 Å². The van der Waals surface area contributed by atoms with E-state index in [1.165, 1.54) is 17.9 Å². The molecule has 1 aromatic carbocycles. The summed E-state index contributed by atoms with van der Waals surface area (Å²) in [7, 11) is 1.51. The number of hydrogen-bond acceptors (Lipinski definition) is 4. The number of likely N-dealkylation sites (tertiary alicyclic amines) is 1. The summed E-state index contributed by atoms with van der Waals surface area (Å²) in [4.78, 5) is 13.8. The van der Waals surface area contributed by atoms with Crippen molar-refractivity contribution >= 4 is 5.97 Å². The van der Waals surface area contributed by atoms with Gasteiger partial charge in [0.25, 0.3) is 0 Å².